The van der Waals surface area contributed by atoms with Gasteiger partial charge in [-0.3, -0.25) is 20.2 Å². The third-order valence-corrected chi connectivity index (χ3v) is 7.51. The lowest BCUT2D eigenvalue weighted by Crippen LogP contribution is -2.31. The fraction of sp³-hybridized carbons (Fsp3) is 0.0270. The number of nitro benzene ring substituents is 2. The smallest absolute Gasteiger partial charge is 0.269 e. The normalized spacial score (nSPS) is 11.0. The second kappa shape index (κ2) is 12.5. The highest BCUT2D eigenvalue weighted by atomic mass is 16.6. The van der Waals surface area contributed by atoms with Crippen molar-refractivity contribution in [3.05, 3.63) is 200 Å². The van der Waals surface area contributed by atoms with Gasteiger partial charge in [0.15, 0.2) is 0 Å². The van der Waals surface area contributed by atoms with Crippen molar-refractivity contribution in [2.45, 2.75) is 5.41 Å². The van der Waals surface area contributed by atoms with Gasteiger partial charge in [0, 0.05) is 24.3 Å². The van der Waals surface area contributed by atoms with Crippen LogP contribution in [0.2, 0.25) is 0 Å². The minimum Gasteiger partial charge on any atom is -0.457 e. The van der Waals surface area contributed by atoms with Gasteiger partial charge in [0.05, 0.1) is 15.3 Å². The molecule has 0 spiro atoms. The molecule has 220 valence electrons. The van der Waals surface area contributed by atoms with Crippen molar-refractivity contribution in [3.63, 3.8) is 0 Å². The molecule has 6 aromatic rings. The summed E-state index contributed by atoms with van der Waals surface area (Å²) in [7, 11) is 0. The minimum absolute atomic E-state index is 0.0147. The summed E-state index contributed by atoms with van der Waals surface area (Å²) in [6.07, 6.45) is 0. The predicted octanol–water partition coefficient (Wildman–Crippen LogP) is 9.47. The third-order valence-electron chi connectivity index (χ3n) is 7.51. The van der Waals surface area contributed by atoms with E-state index in [0.29, 0.717) is 23.0 Å². The van der Waals surface area contributed by atoms with Crippen LogP contribution in [0.1, 0.15) is 22.3 Å². The van der Waals surface area contributed by atoms with Crippen molar-refractivity contribution in [3.8, 4) is 23.0 Å². The van der Waals surface area contributed by atoms with Crippen molar-refractivity contribution >= 4 is 11.4 Å². The maximum absolute atomic E-state index is 11.1. The molecule has 0 unspecified atom stereocenters. The first kappa shape index (κ1) is 28.8. The van der Waals surface area contributed by atoms with E-state index in [2.05, 4.69) is 24.3 Å². The van der Waals surface area contributed by atoms with Crippen molar-refractivity contribution < 1.29 is 19.3 Å². The van der Waals surface area contributed by atoms with Gasteiger partial charge in [0.2, 0.25) is 0 Å². The number of hydrogen-bond acceptors (Lipinski definition) is 6. The lowest BCUT2D eigenvalue weighted by atomic mass is 9.65. The number of hydrogen-bond donors (Lipinski definition) is 0. The van der Waals surface area contributed by atoms with E-state index in [-0.39, 0.29) is 11.4 Å². The third kappa shape index (κ3) is 5.98. The summed E-state index contributed by atoms with van der Waals surface area (Å²) < 4.78 is 12.4. The van der Waals surface area contributed by atoms with E-state index in [9.17, 15) is 20.2 Å². The summed E-state index contributed by atoms with van der Waals surface area (Å²) in [5.74, 6) is 2.08. The molecule has 0 fully saturated rings. The zero-order valence-electron chi connectivity index (χ0n) is 23.9. The summed E-state index contributed by atoms with van der Waals surface area (Å²) in [6.45, 7) is 0. The van der Waals surface area contributed by atoms with E-state index >= 15 is 0 Å². The molecule has 0 aromatic heterocycles. The molecular weight excluding hydrogens is 568 g/mol. The van der Waals surface area contributed by atoms with E-state index in [4.69, 9.17) is 9.47 Å². The van der Waals surface area contributed by atoms with Crippen LogP contribution in [-0.4, -0.2) is 9.85 Å². The number of rotatable bonds is 10. The topological polar surface area (TPSA) is 105 Å². The van der Waals surface area contributed by atoms with Crippen LogP contribution in [-0.2, 0) is 5.41 Å². The zero-order chi connectivity index (χ0) is 31.2. The summed E-state index contributed by atoms with van der Waals surface area (Å²) in [5, 5.41) is 22.3. The molecule has 0 saturated carbocycles. The average Bonchev–Trinajstić information content (AvgIpc) is 3.07. The summed E-state index contributed by atoms with van der Waals surface area (Å²) in [4.78, 5) is 21.4. The van der Waals surface area contributed by atoms with Crippen LogP contribution in [0.25, 0.3) is 0 Å². The Morgan fingerprint density at radius 1 is 0.400 bits per heavy atom. The second-order valence-corrected chi connectivity index (χ2v) is 10.2. The first-order valence-electron chi connectivity index (χ1n) is 14.1. The van der Waals surface area contributed by atoms with E-state index in [0.717, 1.165) is 22.3 Å². The van der Waals surface area contributed by atoms with E-state index in [1.54, 1.807) is 24.3 Å². The van der Waals surface area contributed by atoms with Crippen LogP contribution < -0.4 is 9.47 Å². The highest BCUT2D eigenvalue weighted by molar-refractivity contribution is 5.61. The van der Waals surface area contributed by atoms with Gasteiger partial charge in [-0.05, 0) is 70.8 Å². The van der Waals surface area contributed by atoms with Crippen molar-refractivity contribution in [2.24, 2.45) is 0 Å². The maximum atomic E-state index is 11.1. The molecule has 0 radical (unpaired) electrons. The Hall–Kier alpha value is -6.28. The molecule has 45 heavy (non-hydrogen) atoms. The molecule has 0 atom stereocenters. The first-order chi connectivity index (χ1) is 21.9. The number of ether oxygens (including phenoxy) is 2. The maximum Gasteiger partial charge on any atom is 0.269 e. The van der Waals surface area contributed by atoms with Crippen molar-refractivity contribution in [1.29, 1.82) is 0 Å². The van der Waals surface area contributed by atoms with Gasteiger partial charge in [-0.25, -0.2) is 0 Å². The van der Waals surface area contributed by atoms with Crippen molar-refractivity contribution in [1.82, 2.24) is 0 Å². The largest absolute Gasteiger partial charge is 0.457 e. The highest BCUT2D eigenvalue weighted by Gasteiger charge is 2.39. The lowest BCUT2D eigenvalue weighted by Gasteiger charge is -2.37. The van der Waals surface area contributed by atoms with Crippen LogP contribution in [0.15, 0.2) is 158 Å². The highest BCUT2D eigenvalue weighted by Crippen LogP contribution is 2.47. The fourth-order valence-electron chi connectivity index (χ4n) is 5.51. The molecule has 0 aliphatic carbocycles. The molecule has 0 aliphatic heterocycles. The summed E-state index contributed by atoms with van der Waals surface area (Å²) in [5.41, 5.74) is 3.02. The number of benzene rings is 6. The Morgan fingerprint density at radius 2 is 0.756 bits per heavy atom. The van der Waals surface area contributed by atoms with Crippen LogP contribution in [0, 0.1) is 20.2 Å². The fourth-order valence-corrected chi connectivity index (χ4v) is 5.51. The number of nitro groups is 2. The molecule has 8 nitrogen and oxygen atoms in total. The SMILES string of the molecule is O=[N+]([O-])c1ccc(Oc2cccc(C(c3ccccc3)(c3ccccc3)c3cccc(Oc4ccc([N+](=O)[O-])cc4)c3)c2)cc1. The van der Waals surface area contributed by atoms with Crippen LogP contribution >= 0.6 is 0 Å². The van der Waals surface area contributed by atoms with Gasteiger partial charge in [-0.15, -0.1) is 0 Å². The molecule has 0 aliphatic rings. The quantitative estimate of drug-likeness (QED) is 0.0889. The van der Waals surface area contributed by atoms with Crippen LogP contribution in [0.5, 0.6) is 23.0 Å². The van der Waals surface area contributed by atoms with Crippen LogP contribution in [0.3, 0.4) is 0 Å². The van der Waals surface area contributed by atoms with Gasteiger partial charge in [-0.2, -0.15) is 0 Å². The van der Waals surface area contributed by atoms with E-state index in [1.165, 1.54) is 24.3 Å². The monoisotopic (exact) mass is 594 g/mol. The Morgan fingerprint density at radius 3 is 1.11 bits per heavy atom. The molecule has 6 rings (SSSR count). The molecule has 0 bridgehead atoms. The lowest BCUT2D eigenvalue weighted by molar-refractivity contribution is -0.385. The molecule has 0 saturated heterocycles. The Bertz CT molecular complexity index is 1800. The van der Waals surface area contributed by atoms with E-state index in [1.807, 2.05) is 84.9 Å². The first-order valence-corrected chi connectivity index (χ1v) is 14.1. The molecule has 8 heteroatoms. The molecular formula is C37H26N2O6. The standard InChI is InChI=1S/C37H26N2O6/c40-38(41)31-17-21-33(22-18-31)44-35-15-7-13-29(25-35)37(27-9-3-1-4-10-27,28-11-5-2-6-12-28)30-14-8-16-36(26-30)45-34-23-19-32(20-24-34)39(42)43/h1-26H. The second-order valence-electron chi connectivity index (χ2n) is 10.2. The van der Waals surface area contributed by atoms with E-state index < -0.39 is 15.3 Å². The van der Waals surface area contributed by atoms with Gasteiger partial charge in [0.1, 0.15) is 23.0 Å². The molecule has 0 heterocycles. The molecule has 6 aromatic carbocycles. The van der Waals surface area contributed by atoms with Gasteiger partial charge in [-0.1, -0.05) is 84.9 Å². The molecule has 0 amide bonds. The predicted molar refractivity (Wildman–Crippen MR) is 171 cm³/mol. The zero-order valence-corrected chi connectivity index (χ0v) is 23.9. The van der Waals surface area contributed by atoms with Gasteiger partial charge < -0.3 is 9.47 Å². The Kier molecular flexibility index (Phi) is 8.02. The number of non-ortho nitro benzene ring substituents is 2. The summed E-state index contributed by atoms with van der Waals surface area (Å²) in [6, 6.07) is 47.8. The van der Waals surface area contributed by atoms with Gasteiger partial charge >= 0.3 is 0 Å². The Labute approximate surface area is 259 Å². The average molecular weight is 595 g/mol. The van der Waals surface area contributed by atoms with Gasteiger partial charge in [0.25, 0.3) is 11.4 Å². The Balaban J connectivity index is 1.49. The molecule has 0 N–H and O–H groups in total. The number of nitrogens with zero attached hydrogens (tertiary/aromatic N) is 2. The van der Waals surface area contributed by atoms with Crippen LogP contribution in [0.4, 0.5) is 11.4 Å². The van der Waals surface area contributed by atoms with Crippen molar-refractivity contribution in [2.75, 3.05) is 0 Å². The minimum atomic E-state index is -0.813. The summed E-state index contributed by atoms with van der Waals surface area (Å²) >= 11 is 0.